The van der Waals surface area contributed by atoms with Crippen LogP contribution < -0.4 is 4.74 Å². The number of carbonyl (C=O) groups is 1. The Kier molecular flexibility index (Phi) is 5.34. The number of rotatable bonds is 5. The molecule has 1 aromatic rings. The molecule has 0 aliphatic carbocycles. The normalized spacial score (nSPS) is 25.6. The summed E-state index contributed by atoms with van der Waals surface area (Å²) >= 11 is 0. The standard InChI is InChI=1S/C18H26N2O4S/c1-3-9-19-10-11-20(17-13-25(22,23)12-16(17)19)18(21)14-5-7-15(8-6-14)24-4-2/h5-8,16-17H,3-4,9-13H2,1-2H3/t16-,17+/m1/s1. The molecule has 0 spiro atoms. The van der Waals surface area contributed by atoms with E-state index in [2.05, 4.69) is 11.8 Å². The van der Waals surface area contributed by atoms with Gasteiger partial charge in [0.25, 0.3) is 5.91 Å². The van der Waals surface area contributed by atoms with Crippen molar-refractivity contribution in [3.8, 4) is 5.75 Å². The second kappa shape index (κ2) is 7.33. The molecule has 2 aliphatic rings. The SMILES string of the molecule is CCCN1CCN(C(=O)c2ccc(OCC)cc2)[C@H]2CS(=O)(=O)C[C@H]21. The minimum absolute atomic E-state index is 0.0701. The highest BCUT2D eigenvalue weighted by atomic mass is 32.2. The lowest BCUT2D eigenvalue weighted by molar-refractivity contribution is 0.0333. The van der Waals surface area contributed by atoms with Gasteiger partial charge in [-0.05, 0) is 44.2 Å². The van der Waals surface area contributed by atoms with Crippen LogP contribution in [0.2, 0.25) is 0 Å². The summed E-state index contributed by atoms with van der Waals surface area (Å²) in [5, 5.41) is 0. The first-order valence-corrected chi connectivity index (χ1v) is 10.8. The van der Waals surface area contributed by atoms with Gasteiger partial charge in [0.15, 0.2) is 9.84 Å². The number of carbonyl (C=O) groups excluding carboxylic acids is 1. The topological polar surface area (TPSA) is 66.9 Å². The first-order chi connectivity index (χ1) is 11.9. The average molecular weight is 366 g/mol. The number of hydrogen-bond acceptors (Lipinski definition) is 5. The Labute approximate surface area is 149 Å². The zero-order chi connectivity index (χ0) is 18.0. The molecule has 25 heavy (non-hydrogen) atoms. The smallest absolute Gasteiger partial charge is 0.254 e. The van der Waals surface area contributed by atoms with E-state index in [1.165, 1.54) is 0 Å². The van der Waals surface area contributed by atoms with E-state index < -0.39 is 9.84 Å². The molecule has 6 nitrogen and oxygen atoms in total. The number of sulfone groups is 1. The van der Waals surface area contributed by atoms with Crippen LogP contribution in [-0.4, -0.2) is 74.0 Å². The summed E-state index contributed by atoms with van der Waals surface area (Å²) in [6.07, 6.45) is 0.982. The number of ether oxygens (including phenoxy) is 1. The Balaban J connectivity index is 1.80. The third-order valence-electron chi connectivity index (χ3n) is 4.97. The fraction of sp³-hybridized carbons (Fsp3) is 0.611. The second-order valence-electron chi connectivity index (χ2n) is 6.70. The second-order valence-corrected chi connectivity index (χ2v) is 8.86. The van der Waals surface area contributed by atoms with Crippen LogP contribution in [0.4, 0.5) is 0 Å². The Hall–Kier alpha value is -1.60. The zero-order valence-corrected chi connectivity index (χ0v) is 15.7. The van der Waals surface area contributed by atoms with E-state index in [0.29, 0.717) is 18.7 Å². The first kappa shape index (κ1) is 18.2. The molecular formula is C18H26N2O4S. The lowest BCUT2D eigenvalue weighted by Gasteiger charge is -2.43. The van der Waals surface area contributed by atoms with Gasteiger partial charge in [-0.25, -0.2) is 8.42 Å². The van der Waals surface area contributed by atoms with E-state index in [-0.39, 0.29) is 29.5 Å². The van der Waals surface area contributed by atoms with E-state index in [4.69, 9.17) is 4.74 Å². The summed E-state index contributed by atoms with van der Waals surface area (Å²) in [5.41, 5.74) is 0.579. The summed E-state index contributed by atoms with van der Waals surface area (Å²) in [7, 11) is -3.10. The van der Waals surface area contributed by atoms with Crippen molar-refractivity contribution in [1.29, 1.82) is 0 Å². The van der Waals surface area contributed by atoms with Gasteiger partial charge in [-0.15, -0.1) is 0 Å². The minimum Gasteiger partial charge on any atom is -0.494 e. The molecule has 2 heterocycles. The van der Waals surface area contributed by atoms with Crippen LogP contribution >= 0.6 is 0 Å². The molecule has 0 radical (unpaired) electrons. The molecule has 2 aliphatic heterocycles. The Morgan fingerprint density at radius 2 is 1.80 bits per heavy atom. The maximum absolute atomic E-state index is 13.0. The molecule has 2 fully saturated rings. The van der Waals surface area contributed by atoms with Crippen LogP contribution in [0.15, 0.2) is 24.3 Å². The number of nitrogens with zero attached hydrogens (tertiary/aromatic N) is 2. The van der Waals surface area contributed by atoms with Gasteiger partial charge in [-0.2, -0.15) is 0 Å². The number of benzene rings is 1. The van der Waals surface area contributed by atoms with Crippen molar-refractivity contribution in [2.45, 2.75) is 32.4 Å². The van der Waals surface area contributed by atoms with E-state index in [9.17, 15) is 13.2 Å². The number of hydrogen-bond donors (Lipinski definition) is 0. The maximum atomic E-state index is 13.0. The highest BCUT2D eigenvalue weighted by Gasteiger charge is 2.47. The average Bonchev–Trinajstić information content (AvgIpc) is 2.91. The number of amides is 1. The van der Waals surface area contributed by atoms with Crippen LogP contribution in [-0.2, 0) is 9.84 Å². The van der Waals surface area contributed by atoms with Crippen molar-refractivity contribution in [3.05, 3.63) is 29.8 Å². The predicted octanol–water partition coefficient (Wildman–Crippen LogP) is 1.42. The minimum atomic E-state index is -3.10. The van der Waals surface area contributed by atoms with Gasteiger partial charge in [0, 0.05) is 24.7 Å². The van der Waals surface area contributed by atoms with Crippen LogP contribution in [0.5, 0.6) is 5.75 Å². The van der Waals surface area contributed by atoms with Crippen molar-refractivity contribution in [2.75, 3.05) is 37.7 Å². The van der Waals surface area contributed by atoms with Crippen LogP contribution in [0.1, 0.15) is 30.6 Å². The predicted molar refractivity (Wildman–Crippen MR) is 96.7 cm³/mol. The Morgan fingerprint density at radius 3 is 2.44 bits per heavy atom. The number of piperazine rings is 1. The van der Waals surface area contributed by atoms with Gasteiger partial charge >= 0.3 is 0 Å². The fourth-order valence-corrected chi connectivity index (χ4v) is 5.88. The highest BCUT2D eigenvalue weighted by Crippen LogP contribution is 2.28. The zero-order valence-electron chi connectivity index (χ0n) is 14.8. The third-order valence-corrected chi connectivity index (χ3v) is 6.67. The molecule has 0 bridgehead atoms. The molecule has 138 valence electrons. The number of fused-ring (bicyclic) bond motifs is 1. The molecule has 0 saturated carbocycles. The van der Waals surface area contributed by atoms with E-state index in [0.717, 1.165) is 25.3 Å². The van der Waals surface area contributed by atoms with Crippen molar-refractivity contribution in [3.63, 3.8) is 0 Å². The Morgan fingerprint density at radius 1 is 1.12 bits per heavy atom. The molecule has 0 unspecified atom stereocenters. The van der Waals surface area contributed by atoms with Gasteiger partial charge in [-0.1, -0.05) is 6.92 Å². The molecule has 0 N–H and O–H groups in total. The van der Waals surface area contributed by atoms with E-state index in [1.807, 2.05) is 6.92 Å². The molecule has 2 saturated heterocycles. The first-order valence-electron chi connectivity index (χ1n) is 8.93. The van der Waals surface area contributed by atoms with Gasteiger partial charge in [0.2, 0.25) is 0 Å². The molecule has 7 heteroatoms. The van der Waals surface area contributed by atoms with Crippen molar-refractivity contribution in [1.82, 2.24) is 9.80 Å². The van der Waals surface area contributed by atoms with Gasteiger partial charge in [0.05, 0.1) is 24.2 Å². The highest BCUT2D eigenvalue weighted by molar-refractivity contribution is 7.91. The van der Waals surface area contributed by atoms with Crippen molar-refractivity contribution in [2.24, 2.45) is 0 Å². The van der Waals surface area contributed by atoms with E-state index >= 15 is 0 Å². The summed E-state index contributed by atoms with van der Waals surface area (Å²) < 4.78 is 29.8. The lowest BCUT2D eigenvalue weighted by Crippen LogP contribution is -2.60. The summed E-state index contributed by atoms with van der Waals surface area (Å²) in [6.45, 7) is 6.76. The van der Waals surface area contributed by atoms with Gasteiger partial charge in [-0.3, -0.25) is 9.69 Å². The molecule has 1 aromatic carbocycles. The molecule has 0 aromatic heterocycles. The van der Waals surface area contributed by atoms with Gasteiger partial charge in [0.1, 0.15) is 5.75 Å². The Bertz CT molecular complexity index is 717. The summed E-state index contributed by atoms with van der Waals surface area (Å²) in [5.74, 6) is 0.866. The van der Waals surface area contributed by atoms with Crippen molar-refractivity contribution < 1.29 is 17.9 Å². The summed E-state index contributed by atoms with van der Waals surface area (Å²) in [6, 6.07) is 6.75. The van der Waals surface area contributed by atoms with Crippen LogP contribution in [0.25, 0.3) is 0 Å². The van der Waals surface area contributed by atoms with E-state index in [1.54, 1.807) is 29.2 Å². The lowest BCUT2D eigenvalue weighted by atomic mass is 10.0. The van der Waals surface area contributed by atoms with Gasteiger partial charge < -0.3 is 9.64 Å². The largest absolute Gasteiger partial charge is 0.494 e. The molecular weight excluding hydrogens is 340 g/mol. The monoisotopic (exact) mass is 366 g/mol. The van der Waals surface area contributed by atoms with Crippen LogP contribution in [0.3, 0.4) is 0 Å². The molecule has 2 atom stereocenters. The maximum Gasteiger partial charge on any atom is 0.254 e. The van der Waals surface area contributed by atoms with Crippen LogP contribution in [0, 0.1) is 0 Å². The quantitative estimate of drug-likeness (QED) is 0.788. The third kappa shape index (κ3) is 3.82. The molecule has 1 amide bonds. The molecule has 3 rings (SSSR count). The van der Waals surface area contributed by atoms with Crippen molar-refractivity contribution >= 4 is 15.7 Å². The summed E-state index contributed by atoms with van der Waals surface area (Å²) in [4.78, 5) is 17.0. The fourth-order valence-electron chi connectivity index (χ4n) is 3.87.